The van der Waals surface area contributed by atoms with E-state index in [-0.39, 0.29) is 11.6 Å². The number of hydrogen-bond donors (Lipinski definition) is 1. The van der Waals surface area contributed by atoms with Crippen LogP contribution in [0.15, 0.2) is 10.2 Å². The molecule has 0 amide bonds. The summed E-state index contributed by atoms with van der Waals surface area (Å²) in [7, 11) is 0. The lowest BCUT2D eigenvalue weighted by atomic mass is 10.1. The maximum absolute atomic E-state index is 10.6. The van der Waals surface area contributed by atoms with Crippen LogP contribution in [0, 0.1) is 5.41 Å². The Morgan fingerprint density at radius 1 is 1.36 bits per heavy atom. The number of azo groups is 1. The van der Waals surface area contributed by atoms with Gasteiger partial charge in [-0.05, 0) is 13.8 Å². The summed E-state index contributed by atoms with van der Waals surface area (Å²) in [4.78, 5) is 21.3. The molecule has 5 heteroatoms. The molecule has 0 fully saturated rings. The molecule has 0 unspecified atom stereocenters. The number of rotatable bonds is 4. The fourth-order valence-electron chi connectivity index (χ4n) is 0.549. The quantitative estimate of drug-likeness (QED) is 0.279. The Labute approximate surface area is 64.0 Å². The molecular formula is C6H9N3O2. The van der Waals surface area contributed by atoms with Crippen LogP contribution in [0.4, 0.5) is 0 Å². The summed E-state index contributed by atoms with van der Waals surface area (Å²) >= 11 is 0. The van der Waals surface area contributed by atoms with Crippen LogP contribution >= 0.6 is 0 Å². The smallest absolute Gasteiger partial charge is 0.187 e. The third kappa shape index (κ3) is 3.34. The fraction of sp³-hybridized carbons (Fsp3) is 0.500. The average Bonchev–Trinajstić information content (AvgIpc) is 1.87. The molecule has 60 valence electrons. The molecule has 0 radical (unpaired) electrons. The van der Waals surface area contributed by atoms with Gasteiger partial charge in [-0.3, -0.25) is 15.0 Å². The highest BCUT2D eigenvalue weighted by molar-refractivity contribution is 6.04. The van der Waals surface area contributed by atoms with Crippen LogP contribution in [0.3, 0.4) is 0 Å². The van der Waals surface area contributed by atoms with Crippen LogP contribution in [0.5, 0.6) is 0 Å². The molecule has 0 saturated carbocycles. The molecule has 0 rings (SSSR count). The molecule has 0 heterocycles. The normalized spacial score (nSPS) is 10.5. The summed E-state index contributed by atoms with van der Waals surface area (Å²) in [5, 5.41) is 12.9. The highest BCUT2D eigenvalue weighted by Crippen LogP contribution is 1.94. The van der Waals surface area contributed by atoms with Crippen LogP contribution in [0.25, 0.3) is 0 Å². The van der Waals surface area contributed by atoms with Crippen LogP contribution in [-0.4, -0.2) is 23.9 Å². The van der Waals surface area contributed by atoms with Crippen molar-refractivity contribution in [1.82, 2.24) is 0 Å². The molecule has 0 aromatic rings. The summed E-state index contributed by atoms with van der Waals surface area (Å²) in [5.41, 5.74) is 0. The average molecular weight is 155 g/mol. The predicted molar refractivity (Wildman–Crippen MR) is 38.8 cm³/mol. The molecule has 5 nitrogen and oxygen atoms in total. The number of carbonyl (C=O) groups is 2. The number of hydrogen-bond acceptors (Lipinski definition) is 4. The van der Waals surface area contributed by atoms with E-state index in [4.69, 9.17) is 5.41 Å². The number of ketones is 2. The molecule has 0 aliphatic heterocycles. The lowest BCUT2D eigenvalue weighted by Crippen LogP contribution is -2.23. The van der Waals surface area contributed by atoms with E-state index in [2.05, 4.69) is 10.2 Å². The first kappa shape index (κ1) is 9.61. The van der Waals surface area contributed by atoms with E-state index >= 15 is 0 Å². The van der Waals surface area contributed by atoms with Crippen molar-refractivity contribution >= 4 is 17.9 Å². The molecule has 0 aromatic heterocycles. The second kappa shape index (κ2) is 4.43. The zero-order chi connectivity index (χ0) is 8.85. The first-order valence-corrected chi connectivity index (χ1v) is 2.99. The van der Waals surface area contributed by atoms with Gasteiger partial charge in [-0.15, -0.1) is 5.11 Å². The van der Waals surface area contributed by atoms with Crippen molar-refractivity contribution in [1.29, 1.82) is 5.41 Å². The third-order valence-corrected chi connectivity index (χ3v) is 1.01. The van der Waals surface area contributed by atoms with Crippen LogP contribution in [0.2, 0.25) is 0 Å². The Kier molecular flexibility index (Phi) is 3.87. The Bertz CT molecular complexity index is 196. The highest BCUT2D eigenvalue weighted by atomic mass is 16.2. The second-order valence-electron chi connectivity index (χ2n) is 1.98. The van der Waals surface area contributed by atoms with Crippen molar-refractivity contribution in [2.45, 2.75) is 19.9 Å². The van der Waals surface area contributed by atoms with Crippen molar-refractivity contribution in [3.63, 3.8) is 0 Å². The predicted octanol–water partition coefficient (Wildman–Crippen LogP) is 0.592. The van der Waals surface area contributed by atoms with Gasteiger partial charge in [0, 0.05) is 0 Å². The zero-order valence-corrected chi connectivity index (χ0v) is 6.37. The first-order valence-electron chi connectivity index (χ1n) is 2.99. The van der Waals surface area contributed by atoms with E-state index < -0.39 is 6.04 Å². The molecule has 0 saturated heterocycles. The number of nitrogens with one attached hydrogen (secondary N) is 1. The van der Waals surface area contributed by atoms with Gasteiger partial charge in [0.15, 0.2) is 17.6 Å². The van der Waals surface area contributed by atoms with E-state index in [9.17, 15) is 9.59 Å². The van der Waals surface area contributed by atoms with Crippen molar-refractivity contribution in [3.05, 3.63) is 0 Å². The van der Waals surface area contributed by atoms with Crippen molar-refractivity contribution in [2.24, 2.45) is 10.2 Å². The lowest BCUT2D eigenvalue weighted by Gasteiger charge is -1.99. The highest BCUT2D eigenvalue weighted by Gasteiger charge is 2.17. The van der Waals surface area contributed by atoms with Crippen molar-refractivity contribution in [3.8, 4) is 0 Å². The molecule has 1 N–H and O–H groups in total. The monoisotopic (exact) mass is 155 g/mol. The van der Waals surface area contributed by atoms with E-state index in [1.54, 1.807) is 0 Å². The number of Topliss-reactive ketones (excluding diaryl/α,β-unsaturated/α-hetero) is 2. The molecule has 0 bridgehead atoms. The van der Waals surface area contributed by atoms with Crippen molar-refractivity contribution < 1.29 is 9.59 Å². The molecule has 0 spiro atoms. The molecule has 0 aliphatic rings. The topological polar surface area (TPSA) is 82.7 Å². The van der Waals surface area contributed by atoms with Crippen LogP contribution < -0.4 is 0 Å². The zero-order valence-electron chi connectivity index (χ0n) is 6.37. The van der Waals surface area contributed by atoms with E-state index in [0.717, 1.165) is 0 Å². The SMILES string of the molecule is CC(=O)C(N=NC=N)C(C)=O. The summed E-state index contributed by atoms with van der Waals surface area (Å²) in [6, 6.07) is -1.03. The van der Waals surface area contributed by atoms with Gasteiger partial charge in [-0.1, -0.05) is 0 Å². The van der Waals surface area contributed by atoms with E-state index in [1.807, 2.05) is 0 Å². The van der Waals surface area contributed by atoms with Gasteiger partial charge in [0.05, 0.1) is 0 Å². The molecular weight excluding hydrogens is 146 g/mol. The maximum atomic E-state index is 10.6. The van der Waals surface area contributed by atoms with Gasteiger partial charge >= 0.3 is 0 Å². The first-order chi connectivity index (χ1) is 5.09. The van der Waals surface area contributed by atoms with E-state index in [1.165, 1.54) is 13.8 Å². The summed E-state index contributed by atoms with van der Waals surface area (Å²) in [6.45, 7) is 2.52. The summed E-state index contributed by atoms with van der Waals surface area (Å²) < 4.78 is 0. The minimum absolute atomic E-state index is 0.358. The Morgan fingerprint density at radius 2 is 1.82 bits per heavy atom. The van der Waals surface area contributed by atoms with Gasteiger partial charge in [-0.2, -0.15) is 5.11 Å². The Balaban J connectivity index is 4.35. The van der Waals surface area contributed by atoms with Crippen LogP contribution in [-0.2, 0) is 9.59 Å². The molecule has 0 atom stereocenters. The van der Waals surface area contributed by atoms with Gasteiger partial charge in [0.2, 0.25) is 0 Å². The summed E-state index contributed by atoms with van der Waals surface area (Å²) in [6.07, 6.45) is 0.679. The summed E-state index contributed by atoms with van der Waals surface area (Å²) in [5.74, 6) is -0.716. The third-order valence-electron chi connectivity index (χ3n) is 1.01. The van der Waals surface area contributed by atoms with Crippen LogP contribution in [0.1, 0.15) is 13.8 Å². The minimum atomic E-state index is -1.03. The largest absolute Gasteiger partial charge is 0.297 e. The number of carbonyl (C=O) groups excluding carboxylic acids is 2. The molecule has 11 heavy (non-hydrogen) atoms. The fourth-order valence-corrected chi connectivity index (χ4v) is 0.549. The maximum Gasteiger partial charge on any atom is 0.187 e. The Morgan fingerprint density at radius 3 is 2.09 bits per heavy atom. The van der Waals surface area contributed by atoms with Gasteiger partial charge in [0.1, 0.15) is 6.34 Å². The second-order valence-corrected chi connectivity index (χ2v) is 1.98. The van der Waals surface area contributed by atoms with Gasteiger partial charge in [-0.25, -0.2) is 0 Å². The number of nitrogens with zero attached hydrogens (tertiary/aromatic N) is 2. The van der Waals surface area contributed by atoms with Crippen molar-refractivity contribution in [2.75, 3.05) is 0 Å². The van der Waals surface area contributed by atoms with Gasteiger partial charge in [0.25, 0.3) is 0 Å². The standard InChI is InChI=1S/C6H9N3O2/c1-4(10)6(5(2)11)9-8-3-7/h3,6-7H,1-2H3. The molecule has 0 aromatic carbocycles. The van der Waals surface area contributed by atoms with E-state index in [0.29, 0.717) is 6.34 Å². The Hall–Kier alpha value is -1.39. The minimum Gasteiger partial charge on any atom is -0.297 e. The van der Waals surface area contributed by atoms with Gasteiger partial charge < -0.3 is 0 Å². The lowest BCUT2D eigenvalue weighted by molar-refractivity contribution is -0.126. The molecule has 0 aliphatic carbocycles.